The van der Waals surface area contributed by atoms with Crippen LogP contribution in [0.15, 0.2) is 12.1 Å². The van der Waals surface area contributed by atoms with Gasteiger partial charge in [-0.1, -0.05) is 11.6 Å². The molecule has 6 heteroatoms. The van der Waals surface area contributed by atoms with Gasteiger partial charge in [-0.2, -0.15) is 11.8 Å². The molecule has 4 nitrogen and oxygen atoms in total. The minimum absolute atomic E-state index is 0.0842. The van der Waals surface area contributed by atoms with Crippen molar-refractivity contribution in [1.82, 2.24) is 10.3 Å². The van der Waals surface area contributed by atoms with Crippen LogP contribution < -0.4 is 10.6 Å². The Morgan fingerprint density at radius 2 is 2.21 bits per heavy atom. The van der Waals surface area contributed by atoms with Gasteiger partial charge in [-0.25, -0.2) is 4.98 Å². The van der Waals surface area contributed by atoms with Crippen LogP contribution in [0.5, 0.6) is 0 Å². The molecule has 19 heavy (non-hydrogen) atoms. The van der Waals surface area contributed by atoms with Gasteiger partial charge in [0.05, 0.1) is 0 Å². The molecule has 0 spiro atoms. The molecule has 2 N–H and O–H groups in total. The summed E-state index contributed by atoms with van der Waals surface area (Å²) >= 11 is 7.88. The molecule has 2 rings (SSSR count). The van der Waals surface area contributed by atoms with Crippen molar-refractivity contribution in [3.05, 3.63) is 22.8 Å². The second kappa shape index (κ2) is 7.01. The third-order valence-electron chi connectivity index (χ3n) is 3.20. The molecule has 2 heterocycles. The Labute approximate surface area is 122 Å². The van der Waals surface area contributed by atoms with E-state index in [4.69, 9.17) is 11.6 Å². The van der Waals surface area contributed by atoms with Crippen LogP contribution in [0.2, 0.25) is 5.15 Å². The maximum absolute atomic E-state index is 12.1. The minimum atomic E-state index is -0.0842. The normalized spacial score (nSPS) is 16.1. The second-order valence-corrected chi connectivity index (χ2v) is 6.19. The molecule has 0 saturated carbocycles. The maximum Gasteiger partial charge on any atom is 0.251 e. The lowest BCUT2D eigenvalue weighted by Gasteiger charge is -2.21. The van der Waals surface area contributed by atoms with Crippen molar-refractivity contribution in [2.45, 2.75) is 12.8 Å². The van der Waals surface area contributed by atoms with E-state index in [1.165, 1.54) is 24.3 Å². The molecule has 1 aliphatic rings. The number of rotatable bonds is 4. The van der Waals surface area contributed by atoms with Gasteiger partial charge in [0.2, 0.25) is 0 Å². The molecule has 104 valence electrons. The first-order valence-corrected chi connectivity index (χ1v) is 7.93. The standard InChI is InChI=1S/C13H18ClN3OS/c1-15-12-7-10(6-11(14)17-12)13(18)16-8-9-2-4-19-5-3-9/h6-7,9H,2-5,8H2,1H3,(H,15,17)(H,16,18). The summed E-state index contributed by atoms with van der Waals surface area (Å²) in [5, 5.41) is 6.20. The van der Waals surface area contributed by atoms with Gasteiger partial charge >= 0.3 is 0 Å². The van der Waals surface area contributed by atoms with Crippen molar-refractivity contribution in [3.8, 4) is 0 Å². The number of pyridine rings is 1. The fraction of sp³-hybridized carbons (Fsp3) is 0.538. The average Bonchev–Trinajstić information content (AvgIpc) is 2.45. The molecule has 1 saturated heterocycles. The largest absolute Gasteiger partial charge is 0.373 e. The van der Waals surface area contributed by atoms with Crippen LogP contribution in [0.3, 0.4) is 0 Å². The number of carbonyl (C=O) groups excluding carboxylic acids is 1. The van der Waals surface area contributed by atoms with Crippen LogP contribution in [0.25, 0.3) is 0 Å². The second-order valence-electron chi connectivity index (χ2n) is 4.58. The van der Waals surface area contributed by atoms with E-state index < -0.39 is 0 Å². The van der Waals surface area contributed by atoms with E-state index in [2.05, 4.69) is 15.6 Å². The molecule has 0 unspecified atom stereocenters. The maximum atomic E-state index is 12.1. The van der Waals surface area contributed by atoms with E-state index in [1.807, 2.05) is 11.8 Å². The third kappa shape index (κ3) is 4.28. The number of aromatic nitrogens is 1. The van der Waals surface area contributed by atoms with Gasteiger partial charge in [-0.05, 0) is 42.4 Å². The summed E-state index contributed by atoms with van der Waals surface area (Å²) in [7, 11) is 1.75. The number of carbonyl (C=O) groups is 1. The molecule has 1 aromatic rings. The predicted octanol–water partition coefficient (Wildman–Crippen LogP) is 2.65. The smallest absolute Gasteiger partial charge is 0.251 e. The number of amides is 1. The molecule has 0 radical (unpaired) electrons. The molecule has 1 aromatic heterocycles. The highest BCUT2D eigenvalue weighted by Gasteiger charge is 2.15. The number of hydrogen-bond acceptors (Lipinski definition) is 4. The van der Waals surface area contributed by atoms with E-state index in [0.29, 0.717) is 22.5 Å². The van der Waals surface area contributed by atoms with E-state index in [-0.39, 0.29) is 5.91 Å². The Bertz CT molecular complexity index is 450. The molecule has 0 bridgehead atoms. The van der Waals surface area contributed by atoms with Crippen molar-refractivity contribution < 1.29 is 4.79 Å². The number of anilines is 1. The van der Waals surface area contributed by atoms with Gasteiger partial charge in [0.25, 0.3) is 5.91 Å². The van der Waals surface area contributed by atoms with Crippen molar-refractivity contribution in [2.24, 2.45) is 5.92 Å². The van der Waals surface area contributed by atoms with E-state index in [1.54, 1.807) is 19.2 Å². The summed E-state index contributed by atoms with van der Waals surface area (Å²) in [5.74, 6) is 3.52. The molecular formula is C13H18ClN3OS. The average molecular weight is 300 g/mol. The Balaban J connectivity index is 1.93. The molecule has 1 fully saturated rings. The molecule has 0 aromatic carbocycles. The summed E-state index contributed by atoms with van der Waals surface area (Å²) in [6, 6.07) is 3.30. The lowest BCUT2D eigenvalue weighted by Crippen LogP contribution is -2.31. The van der Waals surface area contributed by atoms with Crippen LogP contribution in [-0.2, 0) is 0 Å². The van der Waals surface area contributed by atoms with Crippen molar-refractivity contribution in [2.75, 3.05) is 30.4 Å². The molecule has 0 aliphatic carbocycles. The molecule has 1 aliphatic heterocycles. The van der Waals surface area contributed by atoms with Crippen LogP contribution in [-0.4, -0.2) is 36.0 Å². The lowest BCUT2D eigenvalue weighted by atomic mass is 10.0. The lowest BCUT2D eigenvalue weighted by molar-refractivity contribution is 0.0946. The van der Waals surface area contributed by atoms with E-state index in [9.17, 15) is 4.79 Å². The highest BCUT2D eigenvalue weighted by Crippen LogP contribution is 2.22. The number of hydrogen-bond donors (Lipinski definition) is 2. The number of thioether (sulfide) groups is 1. The van der Waals surface area contributed by atoms with Crippen molar-refractivity contribution >= 4 is 35.1 Å². The van der Waals surface area contributed by atoms with Gasteiger partial charge in [-0.15, -0.1) is 0 Å². The zero-order chi connectivity index (χ0) is 13.7. The van der Waals surface area contributed by atoms with Crippen molar-refractivity contribution in [1.29, 1.82) is 0 Å². The summed E-state index contributed by atoms with van der Waals surface area (Å²) in [6.45, 7) is 0.744. The fourth-order valence-corrected chi connectivity index (χ4v) is 3.46. The highest BCUT2D eigenvalue weighted by atomic mass is 35.5. The first kappa shape index (κ1) is 14.5. The van der Waals surface area contributed by atoms with Gasteiger partial charge in [0.15, 0.2) is 0 Å². The van der Waals surface area contributed by atoms with Gasteiger partial charge in [0, 0.05) is 19.2 Å². The first-order chi connectivity index (χ1) is 9.19. The van der Waals surface area contributed by atoms with Crippen LogP contribution >= 0.6 is 23.4 Å². The third-order valence-corrected chi connectivity index (χ3v) is 4.45. The van der Waals surface area contributed by atoms with E-state index >= 15 is 0 Å². The van der Waals surface area contributed by atoms with Crippen LogP contribution in [0.4, 0.5) is 5.82 Å². The zero-order valence-corrected chi connectivity index (χ0v) is 12.5. The molecule has 1 amide bonds. The van der Waals surface area contributed by atoms with Gasteiger partial charge < -0.3 is 10.6 Å². The fourth-order valence-electron chi connectivity index (χ4n) is 2.05. The number of nitrogens with zero attached hydrogens (tertiary/aromatic N) is 1. The summed E-state index contributed by atoms with van der Waals surface area (Å²) in [5.41, 5.74) is 0.550. The number of nitrogens with one attached hydrogen (secondary N) is 2. The monoisotopic (exact) mass is 299 g/mol. The van der Waals surface area contributed by atoms with Gasteiger partial charge in [0.1, 0.15) is 11.0 Å². The number of halogens is 1. The van der Waals surface area contributed by atoms with E-state index in [0.717, 1.165) is 6.54 Å². The first-order valence-electron chi connectivity index (χ1n) is 6.40. The summed E-state index contributed by atoms with van der Waals surface area (Å²) in [6.07, 6.45) is 2.37. The Morgan fingerprint density at radius 1 is 1.47 bits per heavy atom. The predicted molar refractivity (Wildman–Crippen MR) is 81.2 cm³/mol. The SMILES string of the molecule is CNc1cc(C(=O)NCC2CCSCC2)cc(Cl)n1. The van der Waals surface area contributed by atoms with Crippen LogP contribution in [0, 0.1) is 5.92 Å². The minimum Gasteiger partial charge on any atom is -0.373 e. The van der Waals surface area contributed by atoms with Crippen LogP contribution in [0.1, 0.15) is 23.2 Å². The Morgan fingerprint density at radius 3 is 2.89 bits per heavy atom. The summed E-state index contributed by atoms with van der Waals surface area (Å²) < 4.78 is 0. The summed E-state index contributed by atoms with van der Waals surface area (Å²) in [4.78, 5) is 16.1. The Kier molecular flexibility index (Phi) is 5.34. The highest BCUT2D eigenvalue weighted by molar-refractivity contribution is 7.99. The Hall–Kier alpha value is -0.940. The topological polar surface area (TPSA) is 54.0 Å². The molecular weight excluding hydrogens is 282 g/mol. The molecule has 0 atom stereocenters. The van der Waals surface area contributed by atoms with Gasteiger partial charge in [-0.3, -0.25) is 4.79 Å². The zero-order valence-electron chi connectivity index (χ0n) is 10.9. The van der Waals surface area contributed by atoms with Crippen molar-refractivity contribution in [3.63, 3.8) is 0 Å². The quantitative estimate of drug-likeness (QED) is 0.839.